The van der Waals surface area contributed by atoms with Crippen LogP contribution in [0.15, 0.2) is 48.5 Å². The molecule has 1 heterocycles. The first-order chi connectivity index (χ1) is 15.0. The molecule has 1 N–H and O–H groups in total. The molecule has 0 spiro atoms. The van der Waals surface area contributed by atoms with Crippen molar-refractivity contribution in [3.8, 4) is 5.75 Å². The van der Waals surface area contributed by atoms with Gasteiger partial charge in [0.15, 0.2) is 6.10 Å². The molecular formula is C24H27ClFNO4. The summed E-state index contributed by atoms with van der Waals surface area (Å²) in [5.74, 6) is -0.602. The molecule has 1 atom stereocenters. The van der Waals surface area contributed by atoms with Crippen molar-refractivity contribution < 1.29 is 23.8 Å². The quantitative estimate of drug-likeness (QED) is 0.573. The zero-order valence-corrected chi connectivity index (χ0v) is 18.3. The minimum absolute atomic E-state index is 0.150. The van der Waals surface area contributed by atoms with Gasteiger partial charge >= 0.3 is 5.97 Å². The SMILES string of the molecule is CCOC(Cc1ccc(OCCN2CC=C(c3ccc(F)c(Cl)c3)CC2)cc1)C(=O)O. The van der Waals surface area contributed by atoms with Crippen LogP contribution in [0.4, 0.5) is 4.39 Å². The number of nitrogens with zero attached hydrogens (tertiary/aromatic N) is 1. The highest BCUT2D eigenvalue weighted by Gasteiger charge is 2.18. The third-order valence-corrected chi connectivity index (χ3v) is 5.54. The van der Waals surface area contributed by atoms with E-state index in [0.29, 0.717) is 19.6 Å². The first-order valence-electron chi connectivity index (χ1n) is 10.4. The van der Waals surface area contributed by atoms with Crippen LogP contribution in [0.5, 0.6) is 5.75 Å². The van der Waals surface area contributed by atoms with Crippen molar-refractivity contribution in [2.24, 2.45) is 0 Å². The summed E-state index contributed by atoms with van der Waals surface area (Å²) in [6.45, 7) is 5.20. The van der Waals surface area contributed by atoms with Gasteiger partial charge in [0.2, 0.25) is 0 Å². The van der Waals surface area contributed by atoms with E-state index in [4.69, 9.17) is 21.1 Å². The van der Waals surface area contributed by atoms with Crippen molar-refractivity contribution >= 4 is 23.1 Å². The highest BCUT2D eigenvalue weighted by atomic mass is 35.5. The fraction of sp³-hybridized carbons (Fsp3) is 0.375. The van der Waals surface area contributed by atoms with Crippen molar-refractivity contribution in [3.63, 3.8) is 0 Å². The summed E-state index contributed by atoms with van der Waals surface area (Å²) in [5, 5.41) is 9.33. The summed E-state index contributed by atoms with van der Waals surface area (Å²) < 4.78 is 24.4. The molecule has 1 aliphatic rings. The molecule has 1 unspecified atom stereocenters. The van der Waals surface area contributed by atoms with Crippen LogP contribution < -0.4 is 4.74 Å². The van der Waals surface area contributed by atoms with Gasteiger partial charge in [0.05, 0.1) is 5.02 Å². The van der Waals surface area contributed by atoms with Gasteiger partial charge < -0.3 is 14.6 Å². The summed E-state index contributed by atoms with van der Waals surface area (Å²) in [5.41, 5.74) is 3.04. The third-order valence-electron chi connectivity index (χ3n) is 5.25. The van der Waals surface area contributed by atoms with Gasteiger partial charge in [-0.05, 0) is 54.3 Å². The molecule has 0 saturated carbocycles. The van der Waals surface area contributed by atoms with Crippen LogP contribution >= 0.6 is 11.6 Å². The summed E-state index contributed by atoms with van der Waals surface area (Å²) in [4.78, 5) is 13.5. The van der Waals surface area contributed by atoms with Crippen LogP contribution in [0.25, 0.3) is 5.57 Å². The largest absolute Gasteiger partial charge is 0.492 e. The molecule has 0 bridgehead atoms. The normalized spacial score (nSPS) is 15.4. The lowest BCUT2D eigenvalue weighted by molar-refractivity contribution is -0.149. The lowest BCUT2D eigenvalue weighted by atomic mass is 9.99. The maximum absolute atomic E-state index is 13.3. The van der Waals surface area contributed by atoms with E-state index in [2.05, 4.69) is 11.0 Å². The number of carboxylic acid groups (broad SMARTS) is 1. The van der Waals surface area contributed by atoms with E-state index in [-0.39, 0.29) is 5.02 Å². The number of ether oxygens (including phenoxy) is 2. The van der Waals surface area contributed by atoms with Crippen molar-refractivity contribution in [2.75, 3.05) is 32.8 Å². The number of carboxylic acids is 1. The Morgan fingerprint density at radius 2 is 2.03 bits per heavy atom. The number of hydrogen-bond donors (Lipinski definition) is 1. The summed E-state index contributed by atoms with van der Waals surface area (Å²) in [6, 6.07) is 12.3. The first-order valence-corrected chi connectivity index (χ1v) is 10.8. The van der Waals surface area contributed by atoms with Gasteiger partial charge in [-0.2, -0.15) is 0 Å². The van der Waals surface area contributed by atoms with Crippen molar-refractivity contribution in [1.29, 1.82) is 0 Å². The van der Waals surface area contributed by atoms with Gasteiger partial charge in [-0.15, -0.1) is 0 Å². The van der Waals surface area contributed by atoms with Crippen molar-refractivity contribution in [1.82, 2.24) is 4.90 Å². The second-order valence-electron chi connectivity index (χ2n) is 7.39. The van der Waals surface area contributed by atoms with Gasteiger partial charge in [0, 0.05) is 32.7 Å². The first kappa shape index (κ1) is 23.3. The van der Waals surface area contributed by atoms with E-state index >= 15 is 0 Å². The number of hydrogen-bond acceptors (Lipinski definition) is 4. The fourth-order valence-electron chi connectivity index (χ4n) is 3.52. The molecule has 0 fully saturated rings. The number of rotatable bonds is 10. The molecule has 0 amide bonds. The van der Waals surface area contributed by atoms with Gasteiger partial charge in [0.1, 0.15) is 18.2 Å². The Labute approximate surface area is 187 Å². The molecule has 0 aromatic heterocycles. The van der Waals surface area contributed by atoms with Crippen LogP contribution in [-0.2, 0) is 16.0 Å². The average molecular weight is 448 g/mol. The molecule has 5 nitrogen and oxygen atoms in total. The van der Waals surface area contributed by atoms with Gasteiger partial charge in [-0.25, -0.2) is 9.18 Å². The second kappa shape index (κ2) is 11.3. The van der Waals surface area contributed by atoms with Crippen molar-refractivity contribution in [2.45, 2.75) is 25.9 Å². The van der Waals surface area contributed by atoms with Gasteiger partial charge in [-0.3, -0.25) is 4.90 Å². The van der Waals surface area contributed by atoms with Crippen molar-refractivity contribution in [3.05, 3.63) is 70.5 Å². The predicted octanol–water partition coefficient (Wildman–Crippen LogP) is 4.68. The standard InChI is InChI=1S/C24H27ClFNO4/c1-2-30-23(24(28)29)15-17-3-6-20(7-4-17)31-14-13-27-11-9-18(10-12-27)19-5-8-22(26)21(25)16-19/h3-9,16,23H,2,10-15H2,1H3,(H,28,29). The highest BCUT2D eigenvalue weighted by molar-refractivity contribution is 6.30. The molecule has 166 valence electrons. The number of aliphatic carboxylic acids is 1. The minimum atomic E-state index is -0.955. The van der Waals surface area contributed by atoms with E-state index in [1.54, 1.807) is 19.1 Å². The van der Waals surface area contributed by atoms with Gasteiger partial charge in [-0.1, -0.05) is 35.9 Å². The van der Waals surface area contributed by atoms with Gasteiger partial charge in [0.25, 0.3) is 0 Å². The van der Waals surface area contributed by atoms with E-state index in [1.807, 2.05) is 24.3 Å². The van der Waals surface area contributed by atoms with Crippen LogP contribution in [0.1, 0.15) is 24.5 Å². The molecule has 0 radical (unpaired) electrons. The Morgan fingerprint density at radius 3 is 2.65 bits per heavy atom. The van der Waals surface area contributed by atoms with Crippen LogP contribution in [-0.4, -0.2) is 54.9 Å². The van der Waals surface area contributed by atoms with Crippen LogP contribution in [0, 0.1) is 5.82 Å². The fourth-order valence-corrected chi connectivity index (χ4v) is 3.70. The summed E-state index contributed by atoms with van der Waals surface area (Å²) in [6.07, 6.45) is 2.52. The molecule has 31 heavy (non-hydrogen) atoms. The molecule has 2 aromatic rings. The second-order valence-corrected chi connectivity index (χ2v) is 7.79. The Bertz CT molecular complexity index is 916. The molecule has 2 aromatic carbocycles. The molecular weight excluding hydrogens is 421 g/mol. The maximum atomic E-state index is 13.3. The van der Waals surface area contributed by atoms with Crippen LogP contribution in [0.2, 0.25) is 5.02 Å². The summed E-state index contributed by atoms with van der Waals surface area (Å²) in [7, 11) is 0. The number of benzene rings is 2. The Hall–Kier alpha value is -2.41. The molecule has 0 saturated heterocycles. The third kappa shape index (κ3) is 6.79. The average Bonchev–Trinajstić information content (AvgIpc) is 2.77. The molecule has 7 heteroatoms. The van der Waals surface area contributed by atoms with E-state index in [0.717, 1.165) is 42.9 Å². The highest BCUT2D eigenvalue weighted by Crippen LogP contribution is 2.26. The molecule has 3 rings (SSSR count). The molecule has 0 aliphatic carbocycles. The monoisotopic (exact) mass is 447 g/mol. The zero-order chi connectivity index (χ0) is 22.2. The molecule has 1 aliphatic heterocycles. The Morgan fingerprint density at radius 1 is 1.26 bits per heavy atom. The lowest BCUT2D eigenvalue weighted by Gasteiger charge is -2.26. The smallest absolute Gasteiger partial charge is 0.333 e. The summed E-state index contributed by atoms with van der Waals surface area (Å²) >= 11 is 5.89. The van der Waals surface area contributed by atoms with E-state index in [1.165, 1.54) is 11.6 Å². The minimum Gasteiger partial charge on any atom is -0.492 e. The number of halogens is 2. The predicted molar refractivity (Wildman–Crippen MR) is 119 cm³/mol. The Balaban J connectivity index is 1.44. The van der Waals surface area contributed by atoms with Crippen LogP contribution in [0.3, 0.4) is 0 Å². The lowest BCUT2D eigenvalue weighted by Crippen LogP contribution is -2.32. The maximum Gasteiger partial charge on any atom is 0.333 e. The van der Waals surface area contributed by atoms with E-state index < -0.39 is 17.9 Å². The topological polar surface area (TPSA) is 59.0 Å². The van der Waals surface area contributed by atoms with E-state index in [9.17, 15) is 14.3 Å². The number of carbonyl (C=O) groups is 1. The Kier molecular flexibility index (Phi) is 8.46. The zero-order valence-electron chi connectivity index (χ0n) is 17.5.